The van der Waals surface area contributed by atoms with E-state index in [4.69, 9.17) is 4.74 Å². The summed E-state index contributed by atoms with van der Waals surface area (Å²) in [5.41, 5.74) is 0.256. The summed E-state index contributed by atoms with van der Waals surface area (Å²) < 4.78 is 6.16. The van der Waals surface area contributed by atoms with Gasteiger partial charge in [0.2, 0.25) is 0 Å². The first-order valence-electron chi connectivity index (χ1n) is 8.58. The van der Waals surface area contributed by atoms with E-state index < -0.39 is 0 Å². The molecule has 1 spiro atoms. The molecule has 0 aromatic carbocycles. The quantitative estimate of drug-likeness (QED) is 0.725. The number of unbranched alkanes of at least 4 members (excludes halogenated alkanes) is 1. The summed E-state index contributed by atoms with van der Waals surface area (Å²) >= 11 is 0. The minimum Gasteiger partial charge on any atom is -0.375 e. The maximum atomic E-state index is 6.16. The molecular formula is C17H33NO. The maximum Gasteiger partial charge on any atom is 0.0697 e. The zero-order valence-electron chi connectivity index (χ0n) is 13.0. The van der Waals surface area contributed by atoms with E-state index in [9.17, 15) is 0 Å². The molecule has 0 bridgehead atoms. The largest absolute Gasteiger partial charge is 0.375 e. The Hall–Kier alpha value is -0.0800. The first kappa shape index (κ1) is 15.3. The normalized spacial score (nSPS) is 27.0. The average molecular weight is 267 g/mol. The Bertz CT molecular complexity index is 240. The van der Waals surface area contributed by atoms with Gasteiger partial charge in [0.15, 0.2) is 0 Å². The SMILES string of the molecule is CC(C)CCCCNC1CCOC2(CCCCC2)C1. The van der Waals surface area contributed by atoms with Crippen LogP contribution in [0.3, 0.4) is 0 Å². The molecule has 1 aliphatic heterocycles. The molecule has 112 valence electrons. The zero-order chi connectivity index (χ0) is 13.6. The van der Waals surface area contributed by atoms with Crippen LogP contribution in [0.15, 0.2) is 0 Å². The van der Waals surface area contributed by atoms with Crippen LogP contribution in [0.1, 0.15) is 78.1 Å². The van der Waals surface area contributed by atoms with Gasteiger partial charge in [-0.25, -0.2) is 0 Å². The molecule has 2 heteroatoms. The zero-order valence-corrected chi connectivity index (χ0v) is 13.0. The van der Waals surface area contributed by atoms with Gasteiger partial charge in [-0.05, 0) is 44.6 Å². The van der Waals surface area contributed by atoms with E-state index >= 15 is 0 Å². The summed E-state index contributed by atoms with van der Waals surface area (Å²) in [6.45, 7) is 6.81. The van der Waals surface area contributed by atoms with Crippen molar-refractivity contribution in [3.63, 3.8) is 0 Å². The van der Waals surface area contributed by atoms with Crippen molar-refractivity contribution in [3.8, 4) is 0 Å². The van der Waals surface area contributed by atoms with E-state index in [-0.39, 0.29) is 5.60 Å². The second-order valence-corrected chi connectivity index (χ2v) is 7.13. The van der Waals surface area contributed by atoms with Gasteiger partial charge in [0.05, 0.1) is 5.60 Å². The van der Waals surface area contributed by atoms with E-state index in [1.807, 2.05) is 0 Å². The summed E-state index contributed by atoms with van der Waals surface area (Å²) in [6, 6.07) is 0.714. The van der Waals surface area contributed by atoms with Crippen LogP contribution in [0.4, 0.5) is 0 Å². The highest BCUT2D eigenvalue weighted by Gasteiger charge is 2.38. The molecule has 2 fully saturated rings. The summed E-state index contributed by atoms with van der Waals surface area (Å²) in [7, 11) is 0. The van der Waals surface area contributed by atoms with E-state index in [2.05, 4.69) is 19.2 Å². The summed E-state index contributed by atoms with van der Waals surface area (Å²) in [5, 5.41) is 3.79. The van der Waals surface area contributed by atoms with Gasteiger partial charge in [-0.3, -0.25) is 0 Å². The van der Waals surface area contributed by atoms with E-state index in [1.165, 1.54) is 70.8 Å². The molecule has 0 amide bonds. The highest BCUT2D eigenvalue weighted by molar-refractivity contribution is 4.91. The minimum atomic E-state index is 0.256. The molecule has 0 aromatic heterocycles. The van der Waals surface area contributed by atoms with Crippen LogP contribution in [-0.4, -0.2) is 24.8 Å². The van der Waals surface area contributed by atoms with Gasteiger partial charge in [-0.15, -0.1) is 0 Å². The van der Waals surface area contributed by atoms with Crippen molar-refractivity contribution in [2.45, 2.75) is 89.7 Å². The third-order valence-electron chi connectivity index (χ3n) is 4.90. The second-order valence-electron chi connectivity index (χ2n) is 7.13. The third-order valence-corrected chi connectivity index (χ3v) is 4.90. The number of rotatable bonds is 6. The van der Waals surface area contributed by atoms with Gasteiger partial charge < -0.3 is 10.1 Å². The number of nitrogens with one attached hydrogen (secondary N) is 1. The first-order valence-corrected chi connectivity index (χ1v) is 8.58. The lowest BCUT2D eigenvalue weighted by atomic mass is 9.78. The van der Waals surface area contributed by atoms with Crippen LogP contribution < -0.4 is 5.32 Å². The second kappa shape index (κ2) is 7.64. The Balaban J connectivity index is 1.64. The van der Waals surface area contributed by atoms with E-state index in [1.54, 1.807) is 0 Å². The third kappa shape index (κ3) is 5.07. The lowest BCUT2D eigenvalue weighted by Crippen LogP contribution is -2.48. The van der Waals surface area contributed by atoms with Crippen molar-refractivity contribution >= 4 is 0 Å². The molecule has 2 rings (SSSR count). The van der Waals surface area contributed by atoms with Crippen LogP contribution in [0.2, 0.25) is 0 Å². The fourth-order valence-electron chi connectivity index (χ4n) is 3.73. The van der Waals surface area contributed by atoms with Gasteiger partial charge in [-0.2, -0.15) is 0 Å². The predicted molar refractivity (Wildman–Crippen MR) is 81.5 cm³/mol. The number of hydrogen-bond donors (Lipinski definition) is 1. The molecule has 1 atom stereocenters. The van der Waals surface area contributed by atoms with Crippen molar-refractivity contribution < 1.29 is 4.74 Å². The molecule has 1 unspecified atom stereocenters. The van der Waals surface area contributed by atoms with Gasteiger partial charge in [0.1, 0.15) is 0 Å². The Morgan fingerprint density at radius 1 is 1.16 bits per heavy atom. The van der Waals surface area contributed by atoms with Crippen molar-refractivity contribution in [1.29, 1.82) is 0 Å². The minimum absolute atomic E-state index is 0.256. The molecule has 1 heterocycles. The molecule has 2 nitrogen and oxygen atoms in total. The smallest absolute Gasteiger partial charge is 0.0697 e. The number of ether oxygens (including phenoxy) is 1. The molecular weight excluding hydrogens is 234 g/mol. The summed E-state index contributed by atoms with van der Waals surface area (Å²) in [5.74, 6) is 0.855. The van der Waals surface area contributed by atoms with Gasteiger partial charge in [-0.1, -0.05) is 46.0 Å². The monoisotopic (exact) mass is 267 g/mol. The molecule has 1 N–H and O–H groups in total. The lowest BCUT2D eigenvalue weighted by molar-refractivity contribution is -0.109. The highest BCUT2D eigenvalue weighted by Crippen LogP contribution is 2.38. The molecule has 1 saturated carbocycles. The maximum absolute atomic E-state index is 6.16. The Kier molecular flexibility index (Phi) is 6.15. The average Bonchev–Trinajstić information content (AvgIpc) is 2.39. The predicted octanol–water partition coefficient (Wildman–Crippen LogP) is 4.28. The summed E-state index contributed by atoms with van der Waals surface area (Å²) in [6.07, 6.45) is 13.3. The molecule has 0 radical (unpaired) electrons. The Morgan fingerprint density at radius 2 is 1.95 bits per heavy atom. The summed E-state index contributed by atoms with van der Waals surface area (Å²) in [4.78, 5) is 0. The molecule has 1 aliphatic carbocycles. The van der Waals surface area contributed by atoms with Crippen LogP contribution in [0.5, 0.6) is 0 Å². The van der Waals surface area contributed by atoms with Crippen LogP contribution >= 0.6 is 0 Å². The van der Waals surface area contributed by atoms with E-state index in [0.717, 1.165) is 12.5 Å². The van der Waals surface area contributed by atoms with Crippen LogP contribution in [0.25, 0.3) is 0 Å². The molecule has 19 heavy (non-hydrogen) atoms. The van der Waals surface area contributed by atoms with Gasteiger partial charge >= 0.3 is 0 Å². The van der Waals surface area contributed by atoms with Gasteiger partial charge in [0, 0.05) is 12.6 Å². The fourth-order valence-corrected chi connectivity index (χ4v) is 3.73. The Labute approximate surface area is 119 Å². The van der Waals surface area contributed by atoms with Crippen molar-refractivity contribution in [2.24, 2.45) is 5.92 Å². The Morgan fingerprint density at radius 3 is 2.68 bits per heavy atom. The van der Waals surface area contributed by atoms with Crippen molar-refractivity contribution in [1.82, 2.24) is 5.32 Å². The molecule has 2 aliphatic rings. The molecule has 0 aromatic rings. The lowest BCUT2D eigenvalue weighted by Gasteiger charge is -2.43. The topological polar surface area (TPSA) is 21.3 Å². The van der Waals surface area contributed by atoms with Crippen LogP contribution in [0, 0.1) is 5.92 Å². The van der Waals surface area contributed by atoms with Crippen LogP contribution in [-0.2, 0) is 4.74 Å². The van der Waals surface area contributed by atoms with Crippen molar-refractivity contribution in [2.75, 3.05) is 13.2 Å². The van der Waals surface area contributed by atoms with Gasteiger partial charge in [0.25, 0.3) is 0 Å². The van der Waals surface area contributed by atoms with E-state index in [0.29, 0.717) is 6.04 Å². The molecule has 1 saturated heterocycles. The first-order chi connectivity index (χ1) is 9.20. The standard InChI is InChI=1S/C17H33NO/c1-15(2)8-4-7-12-18-16-9-13-19-17(14-16)10-5-3-6-11-17/h15-16,18H,3-14H2,1-2H3. The number of hydrogen-bond acceptors (Lipinski definition) is 2. The highest BCUT2D eigenvalue weighted by atomic mass is 16.5. The fraction of sp³-hybridized carbons (Fsp3) is 1.00. The van der Waals surface area contributed by atoms with Crippen molar-refractivity contribution in [3.05, 3.63) is 0 Å².